The van der Waals surface area contributed by atoms with Crippen LogP contribution < -0.4 is 10.6 Å². The number of ether oxygens (including phenoxy) is 1. The number of hydrogen-bond acceptors (Lipinski definition) is 6. The van der Waals surface area contributed by atoms with E-state index in [0.29, 0.717) is 19.3 Å². The molecule has 0 aliphatic carbocycles. The molecule has 0 aliphatic rings. The van der Waals surface area contributed by atoms with Crippen LogP contribution in [-0.2, 0) is 23.9 Å². The summed E-state index contributed by atoms with van der Waals surface area (Å²) in [6.45, 7) is 3.48. The second-order valence-electron chi connectivity index (χ2n) is 14.4. The van der Waals surface area contributed by atoms with Crippen molar-refractivity contribution in [1.82, 2.24) is 10.6 Å². The highest BCUT2D eigenvalue weighted by Gasteiger charge is 2.19. The highest BCUT2D eigenvalue weighted by molar-refractivity contribution is 5.87. The van der Waals surface area contributed by atoms with Gasteiger partial charge in [-0.1, -0.05) is 162 Å². The van der Waals surface area contributed by atoms with Gasteiger partial charge in [-0.2, -0.15) is 0 Å². The summed E-state index contributed by atoms with van der Waals surface area (Å²) >= 11 is 0. The van der Waals surface area contributed by atoms with Crippen LogP contribution in [0.2, 0.25) is 0 Å². The van der Waals surface area contributed by atoms with Crippen molar-refractivity contribution in [2.24, 2.45) is 0 Å². The number of carbonyl (C=O) groups excluding carboxylic acids is 3. The smallest absolute Gasteiger partial charge is 0.328 e. The van der Waals surface area contributed by atoms with Crippen LogP contribution >= 0.6 is 0 Å². The molecule has 0 aliphatic heterocycles. The first-order valence-electron chi connectivity index (χ1n) is 20.9. The normalized spacial score (nSPS) is 12.4. The van der Waals surface area contributed by atoms with Crippen molar-refractivity contribution in [2.75, 3.05) is 13.2 Å². The lowest BCUT2D eigenvalue weighted by Crippen LogP contribution is -2.47. The van der Waals surface area contributed by atoms with Crippen molar-refractivity contribution in [2.45, 2.75) is 225 Å². The van der Waals surface area contributed by atoms with Gasteiger partial charge in [0.15, 0.2) is 0 Å². The molecule has 9 heteroatoms. The zero-order chi connectivity index (χ0) is 36.9. The Morgan fingerprint density at radius 2 is 0.900 bits per heavy atom. The van der Waals surface area contributed by atoms with Crippen molar-refractivity contribution in [3.05, 3.63) is 0 Å². The van der Waals surface area contributed by atoms with Crippen LogP contribution in [0.5, 0.6) is 0 Å². The second-order valence-corrected chi connectivity index (χ2v) is 14.4. The predicted molar refractivity (Wildman–Crippen MR) is 204 cm³/mol. The van der Waals surface area contributed by atoms with E-state index in [1.165, 1.54) is 122 Å². The maximum absolute atomic E-state index is 12.7. The number of carbonyl (C=O) groups is 4. The maximum atomic E-state index is 12.7. The van der Waals surface area contributed by atoms with Crippen molar-refractivity contribution < 1.29 is 34.1 Å². The van der Waals surface area contributed by atoms with Crippen LogP contribution in [0.4, 0.5) is 0 Å². The SMILES string of the molecule is CCCCCCCCCCCCCCCCC(CCCCCCCC(=O)NCC(=O)NC(CO)C(=O)O)OC(=O)CCCCCCCCCC. The zero-order valence-corrected chi connectivity index (χ0v) is 32.4. The number of carboxylic acid groups (broad SMARTS) is 1. The minimum Gasteiger partial charge on any atom is -0.480 e. The summed E-state index contributed by atoms with van der Waals surface area (Å²) in [5.74, 6) is -2.28. The highest BCUT2D eigenvalue weighted by atomic mass is 16.5. The molecule has 0 aromatic rings. The van der Waals surface area contributed by atoms with E-state index < -0.39 is 24.5 Å². The van der Waals surface area contributed by atoms with Crippen LogP contribution in [0.15, 0.2) is 0 Å². The van der Waals surface area contributed by atoms with Gasteiger partial charge in [0.1, 0.15) is 12.1 Å². The van der Waals surface area contributed by atoms with Crippen LogP contribution in [0, 0.1) is 0 Å². The summed E-state index contributed by atoms with van der Waals surface area (Å²) in [4.78, 5) is 47.4. The Balaban J connectivity index is 4.24. The van der Waals surface area contributed by atoms with E-state index in [0.717, 1.165) is 57.8 Å². The third-order valence-electron chi connectivity index (χ3n) is 9.60. The molecule has 0 bridgehead atoms. The van der Waals surface area contributed by atoms with Gasteiger partial charge in [0.2, 0.25) is 11.8 Å². The Morgan fingerprint density at radius 3 is 1.30 bits per heavy atom. The highest BCUT2D eigenvalue weighted by Crippen LogP contribution is 2.19. The van der Waals surface area contributed by atoms with Crippen molar-refractivity contribution >= 4 is 23.8 Å². The first-order chi connectivity index (χ1) is 24.3. The average molecular weight is 711 g/mol. The van der Waals surface area contributed by atoms with Crippen LogP contribution in [0.3, 0.4) is 0 Å². The van der Waals surface area contributed by atoms with Gasteiger partial charge in [0.25, 0.3) is 0 Å². The first-order valence-corrected chi connectivity index (χ1v) is 20.9. The van der Waals surface area contributed by atoms with E-state index in [-0.39, 0.29) is 24.5 Å². The fourth-order valence-corrected chi connectivity index (χ4v) is 6.36. The summed E-state index contributed by atoms with van der Waals surface area (Å²) in [7, 11) is 0. The Morgan fingerprint density at radius 1 is 0.520 bits per heavy atom. The molecule has 0 fully saturated rings. The number of aliphatic hydroxyl groups is 1. The molecule has 294 valence electrons. The Hall–Kier alpha value is -2.16. The third kappa shape index (κ3) is 33.0. The van der Waals surface area contributed by atoms with Gasteiger partial charge in [0.05, 0.1) is 13.2 Å². The number of nitrogens with one attached hydrogen (secondary N) is 2. The topological polar surface area (TPSA) is 142 Å². The quantitative estimate of drug-likeness (QED) is 0.0369. The summed E-state index contributed by atoms with van der Waals surface area (Å²) in [5, 5.41) is 22.5. The Kier molecular flexibility index (Phi) is 35.0. The van der Waals surface area contributed by atoms with Crippen molar-refractivity contribution in [3.8, 4) is 0 Å². The molecular formula is C41H78N2O7. The summed E-state index contributed by atoms with van der Waals surface area (Å²) in [6, 6.07) is -1.38. The molecule has 0 rings (SSSR count). The van der Waals surface area contributed by atoms with Crippen LogP contribution in [0.1, 0.15) is 213 Å². The molecule has 0 saturated carbocycles. The van der Waals surface area contributed by atoms with Gasteiger partial charge in [-0.3, -0.25) is 14.4 Å². The van der Waals surface area contributed by atoms with E-state index in [4.69, 9.17) is 14.9 Å². The molecule has 0 spiro atoms. The van der Waals surface area contributed by atoms with Gasteiger partial charge in [-0.15, -0.1) is 0 Å². The largest absolute Gasteiger partial charge is 0.480 e. The summed E-state index contributed by atoms with van der Waals surface area (Å²) in [6.07, 6.45) is 35.6. The molecule has 2 atom stereocenters. The molecule has 0 saturated heterocycles. The maximum Gasteiger partial charge on any atom is 0.328 e. The minimum absolute atomic E-state index is 0.00245. The number of carboxylic acids is 1. The van der Waals surface area contributed by atoms with E-state index >= 15 is 0 Å². The third-order valence-corrected chi connectivity index (χ3v) is 9.60. The lowest BCUT2D eigenvalue weighted by Gasteiger charge is -2.18. The molecule has 0 heterocycles. The van der Waals surface area contributed by atoms with Gasteiger partial charge < -0.3 is 25.6 Å². The lowest BCUT2D eigenvalue weighted by molar-refractivity contribution is -0.150. The number of amides is 2. The molecule has 9 nitrogen and oxygen atoms in total. The lowest BCUT2D eigenvalue weighted by atomic mass is 10.0. The number of aliphatic hydroxyl groups excluding tert-OH is 1. The van der Waals surface area contributed by atoms with Crippen LogP contribution in [-0.4, -0.2) is 59.3 Å². The standard InChI is InChI=1S/C41H78N2O7/c1-3-5-7-9-11-13-14-15-16-17-18-19-22-26-30-36(50-40(47)33-29-25-20-12-10-8-6-4-2)31-27-23-21-24-28-32-38(45)42-34-39(46)43-37(35-44)41(48)49/h36-37,44H,3-35H2,1-2H3,(H,42,45)(H,43,46)(H,48,49). The van der Waals surface area contributed by atoms with Gasteiger partial charge in [-0.25, -0.2) is 4.79 Å². The van der Waals surface area contributed by atoms with Gasteiger partial charge in [0, 0.05) is 12.8 Å². The number of aliphatic carboxylic acids is 1. The van der Waals surface area contributed by atoms with Crippen molar-refractivity contribution in [3.63, 3.8) is 0 Å². The Labute approximate surface area is 306 Å². The Bertz CT molecular complexity index is 823. The van der Waals surface area contributed by atoms with E-state index in [1.807, 2.05) is 0 Å². The van der Waals surface area contributed by atoms with Crippen molar-refractivity contribution in [1.29, 1.82) is 0 Å². The monoisotopic (exact) mass is 711 g/mol. The molecule has 4 N–H and O–H groups in total. The predicted octanol–water partition coefficient (Wildman–Crippen LogP) is 9.71. The number of unbranched alkanes of at least 4 members (excludes halogenated alkanes) is 24. The molecule has 0 radical (unpaired) electrons. The molecule has 50 heavy (non-hydrogen) atoms. The molecule has 2 amide bonds. The average Bonchev–Trinajstić information content (AvgIpc) is 3.10. The first kappa shape index (κ1) is 47.8. The molecule has 2 unspecified atom stereocenters. The zero-order valence-electron chi connectivity index (χ0n) is 32.4. The van der Waals surface area contributed by atoms with Gasteiger partial charge in [-0.05, 0) is 38.5 Å². The summed E-state index contributed by atoms with van der Waals surface area (Å²) < 4.78 is 6.00. The van der Waals surface area contributed by atoms with E-state index in [2.05, 4.69) is 24.5 Å². The summed E-state index contributed by atoms with van der Waals surface area (Å²) in [5.41, 5.74) is 0. The van der Waals surface area contributed by atoms with E-state index in [9.17, 15) is 19.2 Å². The molecule has 0 aromatic carbocycles. The van der Waals surface area contributed by atoms with Gasteiger partial charge >= 0.3 is 11.9 Å². The molecule has 0 aromatic heterocycles. The van der Waals surface area contributed by atoms with Crippen LogP contribution in [0.25, 0.3) is 0 Å². The fourth-order valence-electron chi connectivity index (χ4n) is 6.36. The second kappa shape index (κ2) is 36.6. The number of rotatable bonds is 38. The minimum atomic E-state index is -1.38. The number of hydrogen-bond donors (Lipinski definition) is 4. The number of esters is 1. The fraction of sp³-hybridized carbons (Fsp3) is 0.902. The van der Waals surface area contributed by atoms with E-state index in [1.54, 1.807) is 0 Å². The molecular weight excluding hydrogens is 632 g/mol.